The summed E-state index contributed by atoms with van der Waals surface area (Å²) in [6.07, 6.45) is 0. The summed E-state index contributed by atoms with van der Waals surface area (Å²) in [5.41, 5.74) is 0. The molecule has 1 heterocycles. The summed E-state index contributed by atoms with van der Waals surface area (Å²) in [5.74, 6) is 0.603. The fourth-order valence-electron chi connectivity index (χ4n) is 0.234. The van der Waals surface area contributed by atoms with Crippen LogP contribution in [0.1, 0.15) is 0 Å². The summed E-state index contributed by atoms with van der Waals surface area (Å²) in [5, 5.41) is 9.92. The van der Waals surface area contributed by atoms with Crippen molar-refractivity contribution in [2.45, 2.75) is 0 Å². The maximum Gasteiger partial charge on any atom is 0.284 e. The molecule has 0 saturated carbocycles. The van der Waals surface area contributed by atoms with Crippen molar-refractivity contribution in [1.82, 2.24) is 0 Å². The molecule has 0 radical (unpaired) electrons. The van der Waals surface area contributed by atoms with Crippen molar-refractivity contribution in [2.75, 3.05) is 5.94 Å². The Kier molecular flexibility index (Phi) is 0.919. The van der Waals surface area contributed by atoms with Crippen molar-refractivity contribution < 1.29 is 9.84 Å². The third-order valence-electron chi connectivity index (χ3n) is 0.459. The van der Waals surface area contributed by atoms with Crippen molar-refractivity contribution in [3.63, 3.8) is 0 Å². The lowest BCUT2D eigenvalue weighted by molar-refractivity contribution is 0.134. The molecular weight excluding hydrogens is 100 g/mol. The Balaban J connectivity index is 2.45. The summed E-state index contributed by atoms with van der Waals surface area (Å²) in [4.78, 5) is 0. The molecule has 0 bridgehead atoms. The highest BCUT2D eigenvalue weighted by atomic mass is 32.2. The van der Waals surface area contributed by atoms with Crippen LogP contribution >= 0.6 is 11.8 Å². The molecule has 34 valence electrons. The number of thioether (sulfide) groups is 1. The first kappa shape index (κ1) is 3.87. The number of hydrogen-bond acceptors (Lipinski definition) is 3. The van der Waals surface area contributed by atoms with Gasteiger partial charge >= 0.3 is 0 Å². The van der Waals surface area contributed by atoms with Gasteiger partial charge in [0, 0.05) is 0 Å². The summed E-state index contributed by atoms with van der Waals surface area (Å²) >= 11 is 1.45. The van der Waals surface area contributed by atoms with Crippen LogP contribution in [0.3, 0.4) is 0 Å². The Labute approximate surface area is 39.8 Å². The van der Waals surface area contributed by atoms with E-state index < -0.39 is 0 Å². The topological polar surface area (TPSA) is 29.5 Å². The molecule has 3 heteroatoms. The molecule has 1 aliphatic heterocycles. The second-order valence-corrected chi connectivity index (χ2v) is 1.69. The average molecular weight is 104 g/mol. The molecule has 0 aromatic carbocycles. The number of rotatable bonds is 0. The molecular formula is C3H4O2S. The Morgan fingerprint density at radius 1 is 2.00 bits per heavy atom. The maximum absolute atomic E-state index is 8.35. The zero-order valence-corrected chi connectivity index (χ0v) is 3.86. The Bertz CT molecular complexity index is 78.9. The number of aliphatic hydroxyl groups excluding tert-OH is 1. The van der Waals surface area contributed by atoms with Crippen LogP contribution in [-0.4, -0.2) is 11.0 Å². The number of hydrogen-bond donors (Lipinski definition) is 1. The van der Waals surface area contributed by atoms with E-state index in [4.69, 9.17) is 5.11 Å². The SMILES string of the molecule is OC1=CSCO1. The summed E-state index contributed by atoms with van der Waals surface area (Å²) in [7, 11) is 0. The number of aliphatic hydroxyl groups is 1. The van der Waals surface area contributed by atoms with Crippen molar-refractivity contribution in [3.8, 4) is 0 Å². The van der Waals surface area contributed by atoms with E-state index in [0.29, 0.717) is 5.94 Å². The van der Waals surface area contributed by atoms with Crippen LogP contribution in [0.4, 0.5) is 0 Å². The zero-order valence-electron chi connectivity index (χ0n) is 3.05. The molecule has 0 atom stereocenters. The van der Waals surface area contributed by atoms with Crippen molar-refractivity contribution in [2.24, 2.45) is 0 Å². The van der Waals surface area contributed by atoms with Gasteiger partial charge in [-0.15, -0.1) is 0 Å². The van der Waals surface area contributed by atoms with Gasteiger partial charge in [-0.05, 0) is 0 Å². The van der Waals surface area contributed by atoms with E-state index in [2.05, 4.69) is 4.74 Å². The van der Waals surface area contributed by atoms with Gasteiger partial charge in [-0.1, -0.05) is 11.8 Å². The van der Waals surface area contributed by atoms with E-state index in [1.54, 1.807) is 5.41 Å². The van der Waals surface area contributed by atoms with Crippen molar-refractivity contribution in [1.29, 1.82) is 0 Å². The molecule has 0 spiro atoms. The molecule has 0 unspecified atom stereocenters. The minimum absolute atomic E-state index is 0.0417. The predicted molar refractivity (Wildman–Crippen MR) is 24.3 cm³/mol. The summed E-state index contributed by atoms with van der Waals surface area (Å²) in [6, 6.07) is 0. The van der Waals surface area contributed by atoms with Crippen LogP contribution < -0.4 is 0 Å². The molecule has 0 saturated heterocycles. The van der Waals surface area contributed by atoms with Crippen LogP contribution in [0.5, 0.6) is 0 Å². The van der Waals surface area contributed by atoms with Gasteiger partial charge in [0.05, 0.1) is 5.41 Å². The van der Waals surface area contributed by atoms with Crippen LogP contribution in [0, 0.1) is 0 Å². The first-order valence-electron chi connectivity index (χ1n) is 1.53. The third-order valence-corrected chi connectivity index (χ3v) is 1.08. The lowest BCUT2D eigenvalue weighted by atomic mass is 11.0. The molecule has 0 aromatic rings. The van der Waals surface area contributed by atoms with E-state index in [0.717, 1.165) is 0 Å². The molecule has 0 fully saturated rings. The fourth-order valence-corrected chi connectivity index (χ4v) is 0.701. The average Bonchev–Trinajstić information content (AvgIpc) is 1.86. The lowest BCUT2D eigenvalue weighted by Crippen LogP contribution is -1.77. The quantitative estimate of drug-likeness (QED) is 0.498. The molecule has 0 aromatic heterocycles. The Hall–Kier alpha value is -0.310. The fraction of sp³-hybridized carbons (Fsp3) is 0.333. The van der Waals surface area contributed by atoms with Crippen LogP contribution in [0.25, 0.3) is 0 Å². The first-order valence-corrected chi connectivity index (χ1v) is 2.58. The molecule has 2 nitrogen and oxygen atoms in total. The minimum Gasteiger partial charge on any atom is -0.481 e. The van der Waals surface area contributed by atoms with Gasteiger partial charge in [-0.25, -0.2) is 0 Å². The van der Waals surface area contributed by atoms with Crippen molar-refractivity contribution >= 4 is 11.8 Å². The van der Waals surface area contributed by atoms with E-state index in [1.165, 1.54) is 11.8 Å². The van der Waals surface area contributed by atoms with Gasteiger partial charge in [0.15, 0.2) is 0 Å². The van der Waals surface area contributed by atoms with Crippen LogP contribution in [0.2, 0.25) is 0 Å². The standard InChI is InChI=1S/C3H4O2S/c4-3-1-6-2-5-3/h1,4H,2H2. The van der Waals surface area contributed by atoms with Crippen LogP contribution in [0.15, 0.2) is 11.4 Å². The largest absolute Gasteiger partial charge is 0.481 e. The number of ether oxygens (including phenoxy) is 1. The van der Waals surface area contributed by atoms with Gasteiger partial charge in [-0.3, -0.25) is 0 Å². The predicted octanol–water partition coefficient (Wildman–Crippen LogP) is 1.06. The van der Waals surface area contributed by atoms with E-state index in [1.807, 2.05) is 0 Å². The summed E-state index contributed by atoms with van der Waals surface area (Å²) < 4.78 is 4.53. The van der Waals surface area contributed by atoms with Gasteiger partial charge in [0.2, 0.25) is 0 Å². The van der Waals surface area contributed by atoms with Gasteiger partial charge in [0.25, 0.3) is 5.95 Å². The highest BCUT2D eigenvalue weighted by Crippen LogP contribution is 2.14. The zero-order chi connectivity index (χ0) is 4.41. The smallest absolute Gasteiger partial charge is 0.284 e. The van der Waals surface area contributed by atoms with Gasteiger partial charge in [-0.2, -0.15) is 0 Å². The Morgan fingerprint density at radius 3 is 3.00 bits per heavy atom. The first-order chi connectivity index (χ1) is 2.89. The minimum atomic E-state index is 0.0417. The monoisotopic (exact) mass is 104 g/mol. The van der Waals surface area contributed by atoms with E-state index >= 15 is 0 Å². The highest BCUT2D eigenvalue weighted by molar-refractivity contribution is 8.02. The van der Waals surface area contributed by atoms with E-state index in [-0.39, 0.29) is 5.95 Å². The molecule has 6 heavy (non-hydrogen) atoms. The summed E-state index contributed by atoms with van der Waals surface area (Å²) in [6.45, 7) is 0. The van der Waals surface area contributed by atoms with Gasteiger partial charge in [0.1, 0.15) is 5.94 Å². The second kappa shape index (κ2) is 1.43. The molecule has 0 amide bonds. The normalized spacial score (nSPS) is 19.7. The lowest BCUT2D eigenvalue weighted by Gasteiger charge is -1.86. The molecule has 0 aliphatic carbocycles. The van der Waals surface area contributed by atoms with E-state index in [9.17, 15) is 0 Å². The van der Waals surface area contributed by atoms with Crippen molar-refractivity contribution in [3.05, 3.63) is 11.4 Å². The molecule has 1 N–H and O–H groups in total. The highest BCUT2D eigenvalue weighted by Gasteiger charge is 1.98. The third kappa shape index (κ3) is 0.597. The van der Waals surface area contributed by atoms with Gasteiger partial charge < -0.3 is 9.84 Å². The molecule has 1 aliphatic rings. The second-order valence-electron chi connectivity index (χ2n) is 0.885. The van der Waals surface area contributed by atoms with Crippen LogP contribution in [-0.2, 0) is 4.74 Å². The Morgan fingerprint density at radius 2 is 2.83 bits per heavy atom. The maximum atomic E-state index is 8.35. The molecule has 1 rings (SSSR count).